The number of hydrogen-bond acceptors (Lipinski definition) is 2. The van der Waals surface area contributed by atoms with Gasteiger partial charge in [0.05, 0.1) is 0 Å². The van der Waals surface area contributed by atoms with Crippen molar-refractivity contribution in [1.82, 2.24) is 4.90 Å². The zero-order chi connectivity index (χ0) is 13.0. The van der Waals surface area contributed by atoms with Crippen molar-refractivity contribution >= 4 is 17.6 Å². The number of piperidine rings is 1. The molecule has 0 aromatic heterocycles. The number of likely N-dealkylation sites (tertiary alicyclic amines) is 1. The number of carbonyl (C=O) groups is 1. The molecule has 0 bridgehead atoms. The third-order valence-corrected chi connectivity index (χ3v) is 3.71. The van der Waals surface area contributed by atoms with Gasteiger partial charge < -0.3 is 5.11 Å². The van der Waals surface area contributed by atoms with Crippen molar-refractivity contribution in [3.63, 3.8) is 0 Å². The van der Waals surface area contributed by atoms with Crippen LogP contribution in [0.5, 0.6) is 0 Å². The molecule has 1 fully saturated rings. The third kappa shape index (κ3) is 3.47. The first kappa shape index (κ1) is 13.4. The maximum Gasteiger partial charge on any atom is 0.321 e. The van der Waals surface area contributed by atoms with Gasteiger partial charge in [0.2, 0.25) is 0 Å². The summed E-state index contributed by atoms with van der Waals surface area (Å²) < 4.78 is 0. The molecule has 0 aliphatic carbocycles. The van der Waals surface area contributed by atoms with Crippen molar-refractivity contribution in [2.45, 2.75) is 31.7 Å². The van der Waals surface area contributed by atoms with Crippen LogP contribution in [0.15, 0.2) is 24.3 Å². The minimum atomic E-state index is -0.730. The standard InChI is InChI=1S/C14H18ClNO2/c15-12-6-4-11(5-7-12)10-13(14(17)18)16-8-2-1-3-9-16/h4-7,13H,1-3,8-10H2,(H,17,18)/t13-/m1/s1. The van der Waals surface area contributed by atoms with Gasteiger partial charge in [-0.3, -0.25) is 9.69 Å². The number of halogens is 1. The van der Waals surface area contributed by atoms with Crippen LogP contribution < -0.4 is 0 Å². The van der Waals surface area contributed by atoms with Crippen LogP contribution in [0.4, 0.5) is 0 Å². The minimum absolute atomic E-state index is 0.411. The smallest absolute Gasteiger partial charge is 0.321 e. The van der Waals surface area contributed by atoms with Gasteiger partial charge in [0.25, 0.3) is 0 Å². The molecule has 3 nitrogen and oxygen atoms in total. The molecule has 1 saturated heterocycles. The van der Waals surface area contributed by atoms with E-state index in [1.54, 1.807) is 0 Å². The van der Waals surface area contributed by atoms with E-state index in [1.807, 2.05) is 24.3 Å². The highest BCUT2D eigenvalue weighted by Gasteiger charge is 2.26. The van der Waals surface area contributed by atoms with Gasteiger partial charge in [-0.2, -0.15) is 0 Å². The summed E-state index contributed by atoms with van der Waals surface area (Å²) in [6.45, 7) is 1.79. The Bertz CT molecular complexity index is 399. The third-order valence-electron chi connectivity index (χ3n) is 3.46. The summed E-state index contributed by atoms with van der Waals surface area (Å²) in [5.74, 6) is -0.730. The Kier molecular flexibility index (Phi) is 4.61. The van der Waals surface area contributed by atoms with Crippen molar-refractivity contribution in [3.8, 4) is 0 Å². The Labute approximate surface area is 112 Å². The summed E-state index contributed by atoms with van der Waals surface area (Å²) >= 11 is 5.83. The van der Waals surface area contributed by atoms with Crippen LogP contribution in [0.2, 0.25) is 5.02 Å². The quantitative estimate of drug-likeness (QED) is 0.912. The number of carboxylic acid groups (broad SMARTS) is 1. The van der Waals surface area contributed by atoms with E-state index in [0.717, 1.165) is 31.5 Å². The first-order valence-corrected chi connectivity index (χ1v) is 6.76. The van der Waals surface area contributed by atoms with Gasteiger partial charge >= 0.3 is 5.97 Å². The Balaban J connectivity index is 2.05. The Morgan fingerprint density at radius 3 is 2.39 bits per heavy atom. The summed E-state index contributed by atoms with van der Waals surface area (Å²) in [6.07, 6.45) is 3.96. The highest BCUT2D eigenvalue weighted by atomic mass is 35.5. The van der Waals surface area contributed by atoms with Crippen molar-refractivity contribution in [2.75, 3.05) is 13.1 Å². The molecule has 1 aromatic carbocycles. The van der Waals surface area contributed by atoms with Gasteiger partial charge in [0, 0.05) is 5.02 Å². The molecule has 0 unspecified atom stereocenters. The highest BCUT2D eigenvalue weighted by molar-refractivity contribution is 6.30. The molecule has 98 valence electrons. The number of benzene rings is 1. The largest absolute Gasteiger partial charge is 0.480 e. The van der Waals surface area contributed by atoms with E-state index in [2.05, 4.69) is 4.90 Å². The Morgan fingerprint density at radius 1 is 1.22 bits per heavy atom. The fourth-order valence-electron chi connectivity index (χ4n) is 2.45. The molecule has 1 aliphatic rings. The van der Waals surface area contributed by atoms with Crippen LogP contribution in [-0.2, 0) is 11.2 Å². The zero-order valence-electron chi connectivity index (χ0n) is 10.3. The molecule has 0 spiro atoms. The minimum Gasteiger partial charge on any atom is -0.480 e. The summed E-state index contributed by atoms with van der Waals surface area (Å²) in [4.78, 5) is 13.5. The average molecular weight is 268 g/mol. The summed E-state index contributed by atoms with van der Waals surface area (Å²) in [7, 11) is 0. The second-order valence-electron chi connectivity index (χ2n) is 4.78. The van der Waals surface area contributed by atoms with Crippen LogP contribution in [0, 0.1) is 0 Å². The summed E-state index contributed by atoms with van der Waals surface area (Å²) in [6, 6.07) is 7.02. The molecular formula is C14H18ClNO2. The normalized spacial score (nSPS) is 18.5. The summed E-state index contributed by atoms with van der Waals surface area (Å²) in [5.41, 5.74) is 1.03. The van der Waals surface area contributed by atoms with Crippen molar-refractivity contribution in [1.29, 1.82) is 0 Å². The van der Waals surface area contributed by atoms with E-state index in [1.165, 1.54) is 6.42 Å². The lowest BCUT2D eigenvalue weighted by molar-refractivity contribution is -0.143. The maximum absolute atomic E-state index is 11.4. The topological polar surface area (TPSA) is 40.5 Å². The average Bonchev–Trinajstić information content (AvgIpc) is 2.38. The number of aliphatic carboxylic acids is 1. The Hall–Kier alpha value is -1.06. The van der Waals surface area contributed by atoms with Gasteiger partial charge in [0.1, 0.15) is 6.04 Å². The van der Waals surface area contributed by atoms with E-state index in [-0.39, 0.29) is 0 Å². The number of carboxylic acids is 1. The SMILES string of the molecule is O=C(O)[C@@H](Cc1ccc(Cl)cc1)N1CCCCC1. The van der Waals surface area contributed by atoms with Crippen LogP contribution in [0.1, 0.15) is 24.8 Å². The molecule has 0 saturated carbocycles. The summed E-state index contributed by atoms with van der Waals surface area (Å²) in [5, 5.41) is 10.1. The van der Waals surface area contributed by atoms with Gasteiger partial charge in [-0.25, -0.2) is 0 Å². The van der Waals surface area contributed by atoms with Crippen LogP contribution in [-0.4, -0.2) is 35.1 Å². The molecule has 1 aliphatic heterocycles. The Morgan fingerprint density at radius 2 is 1.83 bits per heavy atom. The molecular weight excluding hydrogens is 250 g/mol. The predicted octanol–water partition coefficient (Wildman–Crippen LogP) is 2.82. The second-order valence-corrected chi connectivity index (χ2v) is 5.22. The number of nitrogens with zero attached hydrogens (tertiary/aromatic N) is 1. The first-order valence-electron chi connectivity index (χ1n) is 6.38. The van der Waals surface area contributed by atoms with Gasteiger partial charge in [-0.15, -0.1) is 0 Å². The second kappa shape index (κ2) is 6.21. The monoisotopic (exact) mass is 267 g/mol. The first-order chi connectivity index (χ1) is 8.66. The lowest BCUT2D eigenvalue weighted by Gasteiger charge is -2.32. The number of hydrogen-bond donors (Lipinski definition) is 1. The lowest BCUT2D eigenvalue weighted by Crippen LogP contribution is -2.45. The van der Waals surface area contributed by atoms with Crippen molar-refractivity contribution < 1.29 is 9.90 Å². The molecule has 1 heterocycles. The molecule has 0 radical (unpaired) electrons. The van der Waals surface area contributed by atoms with E-state index in [9.17, 15) is 9.90 Å². The van der Waals surface area contributed by atoms with Crippen LogP contribution in [0.25, 0.3) is 0 Å². The molecule has 2 rings (SSSR count). The molecule has 18 heavy (non-hydrogen) atoms. The van der Waals surface area contributed by atoms with Crippen molar-refractivity contribution in [3.05, 3.63) is 34.9 Å². The molecule has 4 heteroatoms. The number of rotatable bonds is 4. The maximum atomic E-state index is 11.4. The predicted molar refractivity (Wildman–Crippen MR) is 72.0 cm³/mol. The van der Waals surface area contributed by atoms with E-state index in [4.69, 9.17) is 11.6 Å². The van der Waals surface area contributed by atoms with Gasteiger partial charge in [-0.05, 0) is 50.0 Å². The van der Waals surface area contributed by atoms with Crippen LogP contribution in [0.3, 0.4) is 0 Å². The van der Waals surface area contributed by atoms with Gasteiger partial charge in [0.15, 0.2) is 0 Å². The lowest BCUT2D eigenvalue weighted by atomic mass is 10.0. The van der Waals surface area contributed by atoms with E-state index >= 15 is 0 Å². The molecule has 1 aromatic rings. The van der Waals surface area contributed by atoms with Crippen LogP contribution >= 0.6 is 11.6 Å². The fraction of sp³-hybridized carbons (Fsp3) is 0.500. The van der Waals surface area contributed by atoms with E-state index in [0.29, 0.717) is 11.4 Å². The molecule has 1 N–H and O–H groups in total. The zero-order valence-corrected chi connectivity index (χ0v) is 11.1. The fourth-order valence-corrected chi connectivity index (χ4v) is 2.57. The van der Waals surface area contributed by atoms with Crippen molar-refractivity contribution in [2.24, 2.45) is 0 Å². The highest BCUT2D eigenvalue weighted by Crippen LogP contribution is 2.17. The van der Waals surface area contributed by atoms with Gasteiger partial charge in [-0.1, -0.05) is 30.2 Å². The van der Waals surface area contributed by atoms with E-state index < -0.39 is 12.0 Å². The molecule has 0 amide bonds. The molecule has 1 atom stereocenters.